The molecule has 2 N–H and O–H groups in total. The first-order chi connectivity index (χ1) is 20.9. The topological polar surface area (TPSA) is 138 Å². The molecule has 11 heteroatoms. The molecule has 0 radical (unpaired) electrons. The molecule has 2 aliphatic heterocycles. The Bertz CT molecular complexity index is 1430. The smallest absolute Gasteiger partial charge is 0.248 e. The van der Waals surface area contributed by atoms with Crippen LogP contribution in [0.1, 0.15) is 51.4 Å². The summed E-state index contributed by atoms with van der Waals surface area (Å²) in [6, 6.07) is 13.5. The summed E-state index contributed by atoms with van der Waals surface area (Å²) in [5, 5.41) is 14.2. The van der Waals surface area contributed by atoms with Gasteiger partial charge < -0.3 is 24.9 Å². The Morgan fingerprint density at radius 3 is 1.37 bits per heavy atom. The number of nitrogens with one attached hydrogen (secondary N) is 2. The zero-order valence-electron chi connectivity index (χ0n) is 23.8. The molecule has 2 aliphatic carbocycles. The van der Waals surface area contributed by atoms with Crippen molar-refractivity contribution < 1.29 is 23.6 Å². The number of nitrogens with zero attached hydrogens (tertiary/aromatic N) is 4. The molecule has 2 atom stereocenters. The standard InChI is InChI=1S/C32H34N6O5/c39-27(25-3-1-17-37(25)31(41)21-5-6-21)33-23-13-9-19(10-14-23)29-35-36-30(43-29)20-11-15-24(16-12-20)34-28(40)26-4-2-18-38(26)32(42)22-7-8-22/h9-16,21-22,25-26H,1-8,17-18H2,(H,33,39)(H,34,40). The van der Waals surface area contributed by atoms with Crippen LogP contribution in [-0.2, 0) is 19.2 Å². The second-order valence-corrected chi connectivity index (χ2v) is 12.0. The third-order valence-corrected chi connectivity index (χ3v) is 8.75. The Kier molecular flexibility index (Phi) is 7.16. The zero-order chi connectivity index (χ0) is 29.5. The van der Waals surface area contributed by atoms with Crippen LogP contribution in [0.25, 0.3) is 22.9 Å². The summed E-state index contributed by atoms with van der Waals surface area (Å²) in [5.74, 6) is 0.769. The number of hydrogen-bond donors (Lipinski definition) is 2. The molecule has 43 heavy (non-hydrogen) atoms. The summed E-state index contributed by atoms with van der Waals surface area (Å²) in [6.07, 6.45) is 6.75. The summed E-state index contributed by atoms with van der Waals surface area (Å²) in [5.41, 5.74) is 2.67. The number of carbonyl (C=O) groups excluding carboxylic acids is 4. The monoisotopic (exact) mass is 582 g/mol. The quantitative estimate of drug-likeness (QED) is 0.408. The minimum absolute atomic E-state index is 0.100. The van der Waals surface area contributed by atoms with Crippen LogP contribution in [0, 0.1) is 11.8 Å². The highest BCUT2D eigenvalue weighted by atomic mass is 16.4. The van der Waals surface area contributed by atoms with E-state index in [-0.39, 0.29) is 35.5 Å². The minimum atomic E-state index is -0.417. The van der Waals surface area contributed by atoms with E-state index in [0.717, 1.165) is 38.5 Å². The van der Waals surface area contributed by atoms with Crippen molar-refractivity contribution in [1.29, 1.82) is 0 Å². The van der Waals surface area contributed by atoms with Gasteiger partial charge in [-0.3, -0.25) is 19.2 Å². The molecule has 7 rings (SSSR count). The molecule has 2 saturated heterocycles. The molecule has 3 heterocycles. The van der Waals surface area contributed by atoms with Gasteiger partial charge in [0.1, 0.15) is 12.1 Å². The van der Waals surface area contributed by atoms with Crippen molar-refractivity contribution >= 4 is 35.0 Å². The fraction of sp³-hybridized carbons (Fsp3) is 0.438. The predicted molar refractivity (Wildman–Crippen MR) is 157 cm³/mol. The van der Waals surface area contributed by atoms with E-state index in [4.69, 9.17) is 4.42 Å². The van der Waals surface area contributed by atoms with Gasteiger partial charge in [-0.15, -0.1) is 10.2 Å². The summed E-state index contributed by atoms with van der Waals surface area (Å²) >= 11 is 0. The lowest BCUT2D eigenvalue weighted by molar-refractivity contribution is -0.137. The number of rotatable bonds is 8. The summed E-state index contributed by atoms with van der Waals surface area (Å²) in [4.78, 5) is 54.4. The molecule has 0 spiro atoms. The number of aromatic nitrogens is 2. The molecule has 4 fully saturated rings. The Hall–Kier alpha value is -4.54. The van der Waals surface area contributed by atoms with Crippen molar-refractivity contribution in [2.75, 3.05) is 23.7 Å². The van der Waals surface area contributed by atoms with Gasteiger partial charge in [-0.2, -0.15) is 0 Å². The van der Waals surface area contributed by atoms with Gasteiger partial charge in [-0.05, 0) is 99.9 Å². The SMILES string of the molecule is O=C(Nc1ccc(-c2nnc(-c3ccc(NC(=O)C4CCCN4C(=O)C4CC4)cc3)o2)cc1)C1CCCN1C(=O)C1CC1. The van der Waals surface area contributed by atoms with Crippen molar-refractivity contribution in [3.8, 4) is 22.9 Å². The van der Waals surface area contributed by atoms with Crippen molar-refractivity contribution in [2.24, 2.45) is 11.8 Å². The predicted octanol–water partition coefficient (Wildman–Crippen LogP) is 4.08. The Balaban J connectivity index is 0.954. The van der Waals surface area contributed by atoms with E-state index in [1.165, 1.54) is 0 Å². The van der Waals surface area contributed by atoms with E-state index < -0.39 is 12.1 Å². The van der Waals surface area contributed by atoms with Crippen LogP contribution >= 0.6 is 0 Å². The molecule has 3 aromatic rings. The Labute approximate surface area is 249 Å². The third kappa shape index (κ3) is 5.76. The second kappa shape index (κ2) is 11.3. The maximum absolute atomic E-state index is 12.9. The molecule has 2 saturated carbocycles. The summed E-state index contributed by atoms with van der Waals surface area (Å²) in [6.45, 7) is 1.29. The number of amides is 4. The van der Waals surface area contributed by atoms with E-state index in [9.17, 15) is 19.2 Å². The largest absolute Gasteiger partial charge is 0.416 e. The van der Waals surface area contributed by atoms with Crippen molar-refractivity contribution in [2.45, 2.75) is 63.5 Å². The first-order valence-corrected chi connectivity index (χ1v) is 15.2. The summed E-state index contributed by atoms with van der Waals surface area (Å²) < 4.78 is 5.91. The average Bonchev–Trinajstić information content (AvgIpc) is 3.88. The zero-order valence-corrected chi connectivity index (χ0v) is 23.8. The molecule has 1 aromatic heterocycles. The van der Waals surface area contributed by atoms with Gasteiger partial charge in [0.05, 0.1) is 0 Å². The summed E-state index contributed by atoms with van der Waals surface area (Å²) in [7, 11) is 0. The lowest BCUT2D eigenvalue weighted by atomic mass is 10.1. The fourth-order valence-corrected chi connectivity index (χ4v) is 6.04. The number of benzene rings is 2. The van der Waals surface area contributed by atoms with E-state index in [1.807, 2.05) is 0 Å². The minimum Gasteiger partial charge on any atom is -0.416 e. The van der Waals surface area contributed by atoms with Crippen LogP contribution in [0.2, 0.25) is 0 Å². The van der Waals surface area contributed by atoms with Crippen LogP contribution in [0.15, 0.2) is 52.9 Å². The number of hydrogen-bond acceptors (Lipinski definition) is 7. The normalized spacial score (nSPS) is 21.6. The van der Waals surface area contributed by atoms with Gasteiger partial charge in [-0.1, -0.05) is 0 Å². The van der Waals surface area contributed by atoms with Gasteiger partial charge >= 0.3 is 0 Å². The fourth-order valence-electron chi connectivity index (χ4n) is 6.04. The van der Waals surface area contributed by atoms with Gasteiger partial charge in [0.2, 0.25) is 35.4 Å². The number of likely N-dealkylation sites (tertiary alicyclic amines) is 2. The lowest BCUT2D eigenvalue weighted by Gasteiger charge is -2.24. The molecule has 4 amide bonds. The van der Waals surface area contributed by atoms with Crippen molar-refractivity contribution in [3.63, 3.8) is 0 Å². The van der Waals surface area contributed by atoms with E-state index in [2.05, 4.69) is 20.8 Å². The molecular weight excluding hydrogens is 548 g/mol. The van der Waals surface area contributed by atoms with Crippen LogP contribution in [0.4, 0.5) is 11.4 Å². The Morgan fingerprint density at radius 1 is 0.605 bits per heavy atom. The van der Waals surface area contributed by atoms with Crippen LogP contribution in [0.5, 0.6) is 0 Å². The molecule has 4 aliphatic rings. The highest BCUT2D eigenvalue weighted by molar-refractivity contribution is 5.99. The van der Waals surface area contributed by atoms with Crippen molar-refractivity contribution in [3.05, 3.63) is 48.5 Å². The number of anilines is 2. The maximum atomic E-state index is 12.9. The highest BCUT2D eigenvalue weighted by Gasteiger charge is 2.42. The molecule has 11 nitrogen and oxygen atoms in total. The highest BCUT2D eigenvalue weighted by Crippen LogP contribution is 2.35. The third-order valence-electron chi connectivity index (χ3n) is 8.75. The lowest BCUT2D eigenvalue weighted by Crippen LogP contribution is -2.43. The molecular formula is C32H34N6O5. The van der Waals surface area contributed by atoms with E-state index >= 15 is 0 Å². The first kappa shape index (κ1) is 27.3. The molecule has 0 bridgehead atoms. The Morgan fingerprint density at radius 2 is 1.00 bits per heavy atom. The second-order valence-electron chi connectivity index (χ2n) is 12.0. The number of carbonyl (C=O) groups is 4. The van der Waals surface area contributed by atoms with Gasteiger partial charge in [0.15, 0.2) is 0 Å². The van der Waals surface area contributed by atoms with Gasteiger partial charge in [0, 0.05) is 47.4 Å². The van der Waals surface area contributed by atoms with Crippen molar-refractivity contribution in [1.82, 2.24) is 20.0 Å². The van der Waals surface area contributed by atoms with E-state index in [1.54, 1.807) is 58.3 Å². The molecule has 2 aromatic carbocycles. The molecule has 2 unspecified atom stereocenters. The van der Waals surface area contributed by atoms with Crippen LogP contribution in [0.3, 0.4) is 0 Å². The first-order valence-electron chi connectivity index (χ1n) is 15.2. The van der Waals surface area contributed by atoms with Gasteiger partial charge in [-0.25, -0.2) is 0 Å². The van der Waals surface area contributed by atoms with Gasteiger partial charge in [0.25, 0.3) is 0 Å². The average molecular weight is 583 g/mol. The van der Waals surface area contributed by atoms with E-state index in [0.29, 0.717) is 60.2 Å². The van der Waals surface area contributed by atoms with Crippen LogP contribution < -0.4 is 10.6 Å². The van der Waals surface area contributed by atoms with Crippen LogP contribution in [-0.4, -0.2) is 68.8 Å². The molecule has 222 valence electrons. The maximum Gasteiger partial charge on any atom is 0.248 e.